The zero-order valence-corrected chi connectivity index (χ0v) is 8.77. The number of rotatable bonds is 2. The molecule has 2 aromatic rings. The third-order valence-electron chi connectivity index (χ3n) is 2.53. The number of aromatic nitrogens is 1. The lowest BCUT2D eigenvalue weighted by Crippen LogP contribution is -2.03. The van der Waals surface area contributed by atoms with E-state index in [-0.39, 0.29) is 6.61 Å². The van der Waals surface area contributed by atoms with Crippen molar-refractivity contribution in [1.29, 1.82) is 0 Å². The van der Waals surface area contributed by atoms with Gasteiger partial charge >= 0.3 is 0 Å². The monoisotopic (exact) mass is 218 g/mol. The Morgan fingerprint density at radius 2 is 1.88 bits per heavy atom. The molecule has 5 heteroatoms. The summed E-state index contributed by atoms with van der Waals surface area (Å²) < 4.78 is 0. The summed E-state index contributed by atoms with van der Waals surface area (Å²) in [5, 5.41) is 9.81. The van der Waals surface area contributed by atoms with Gasteiger partial charge < -0.3 is 22.3 Å². The minimum atomic E-state index is 0.0136. The van der Waals surface area contributed by atoms with Crippen LogP contribution in [0.1, 0.15) is 5.56 Å². The summed E-state index contributed by atoms with van der Waals surface area (Å²) in [4.78, 5) is 4.22. The zero-order chi connectivity index (χ0) is 11.7. The van der Waals surface area contributed by atoms with Crippen LogP contribution in [0, 0.1) is 0 Å². The molecule has 1 aromatic heterocycles. The molecule has 16 heavy (non-hydrogen) atoms. The van der Waals surface area contributed by atoms with Gasteiger partial charge in [-0.15, -0.1) is 0 Å². The van der Waals surface area contributed by atoms with Gasteiger partial charge in [-0.1, -0.05) is 0 Å². The molecule has 5 nitrogen and oxygen atoms in total. The molecular formula is C11H14N4O. The van der Waals surface area contributed by atoms with Gasteiger partial charge in [0.15, 0.2) is 0 Å². The number of nitrogen functional groups attached to an aromatic ring is 3. The number of hydrogen-bond acceptors (Lipinski definition) is 5. The highest BCUT2D eigenvalue weighted by Crippen LogP contribution is 2.29. The van der Waals surface area contributed by atoms with Gasteiger partial charge in [-0.3, -0.25) is 0 Å². The zero-order valence-electron chi connectivity index (χ0n) is 8.77. The van der Waals surface area contributed by atoms with E-state index in [9.17, 15) is 0 Å². The van der Waals surface area contributed by atoms with Crippen LogP contribution in [0.25, 0.3) is 10.9 Å². The third-order valence-corrected chi connectivity index (χ3v) is 2.53. The second kappa shape index (κ2) is 3.86. The number of pyridine rings is 1. The summed E-state index contributed by atoms with van der Waals surface area (Å²) in [6.07, 6.45) is 0.444. The molecule has 0 aliphatic carbocycles. The molecule has 0 atom stereocenters. The van der Waals surface area contributed by atoms with Crippen LogP contribution in [0.15, 0.2) is 18.2 Å². The Balaban J connectivity index is 2.80. The fourth-order valence-corrected chi connectivity index (χ4v) is 1.78. The number of aliphatic hydroxyl groups is 1. The van der Waals surface area contributed by atoms with Crippen LogP contribution in [-0.2, 0) is 6.42 Å². The lowest BCUT2D eigenvalue weighted by atomic mass is 10.0. The van der Waals surface area contributed by atoms with Crippen LogP contribution in [0.4, 0.5) is 17.2 Å². The number of hydrogen-bond donors (Lipinski definition) is 4. The van der Waals surface area contributed by atoms with Gasteiger partial charge in [0.05, 0.1) is 5.52 Å². The predicted molar refractivity (Wildman–Crippen MR) is 65.8 cm³/mol. The van der Waals surface area contributed by atoms with E-state index in [0.717, 1.165) is 10.9 Å². The van der Waals surface area contributed by atoms with Crippen molar-refractivity contribution in [3.05, 3.63) is 23.8 Å². The van der Waals surface area contributed by atoms with Gasteiger partial charge in [0, 0.05) is 28.9 Å². The van der Waals surface area contributed by atoms with Crippen molar-refractivity contribution >= 4 is 28.1 Å². The normalized spacial score (nSPS) is 10.8. The lowest BCUT2D eigenvalue weighted by Gasteiger charge is -2.11. The quantitative estimate of drug-likeness (QED) is 0.549. The summed E-state index contributed by atoms with van der Waals surface area (Å²) >= 11 is 0. The van der Waals surface area contributed by atoms with Crippen LogP contribution in [0.3, 0.4) is 0 Å². The molecule has 7 N–H and O–H groups in total. The molecule has 1 aromatic carbocycles. The minimum absolute atomic E-state index is 0.0136. The fourth-order valence-electron chi connectivity index (χ4n) is 1.78. The molecule has 0 bridgehead atoms. The van der Waals surface area contributed by atoms with Crippen molar-refractivity contribution in [3.63, 3.8) is 0 Å². The van der Waals surface area contributed by atoms with E-state index in [1.807, 2.05) is 6.07 Å². The number of aliphatic hydroxyl groups excluding tert-OH is 1. The molecular weight excluding hydrogens is 204 g/mol. The lowest BCUT2D eigenvalue weighted by molar-refractivity contribution is 0.300. The first-order valence-corrected chi connectivity index (χ1v) is 4.97. The molecule has 0 fully saturated rings. The van der Waals surface area contributed by atoms with Crippen molar-refractivity contribution in [2.75, 3.05) is 23.8 Å². The van der Waals surface area contributed by atoms with Crippen LogP contribution in [0.5, 0.6) is 0 Å². The second-order valence-electron chi connectivity index (χ2n) is 3.64. The average Bonchev–Trinajstić information content (AvgIpc) is 2.23. The fraction of sp³-hybridized carbons (Fsp3) is 0.182. The Morgan fingerprint density at radius 1 is 1.12 bits per heavy atom. The molecule has 0 saturated heterocycles. The maximum Gasteiger partial charge on any atom is 0.124 e. The Hall–Kier alpha value is -2.01. The number of nitrogens with zero attached hydrogens (tertiary/aromatic N) is 1. The maximum absolute atomic E-state index is 9.00. The molecule has 0 aliphatic rings. The smallest absolute Gasteiger partial charge is 0.124 e. The molecule has 2 rings (SSSR count). The summed E-state index contributed by atoms with van der Waals surface area (Å²) in [7, 11) is 0. The Labute approximate surface area is 92.9 Å². The minimum Gasteiger partial charge on any atom is -0.398 e. The Morgan fingerprint density at radius 3 is 2.56 bits per heavy atom. The molecule has 1 heterocycles. The molecule has 0 radical (unpaired) electrons. The number of anilines is 3. The topological polar surface area (TPSA) is 111 Å². The van der Waals surface area contributed by atoms with Crippen LogP contribution in [-0.4, -0.2) is 16.7 Å². The first kappa shape index (κ1) is 10.5. The van der Waals surface area contributed by atoms with Crippen LogP contribution < -0.4 is 17.2 Å². The van der Waals surface area contributed by atoms with E-state index in [4.69, 9.17) is 22.3 Å². The van der Waals surface area contributed by atoms with E-state index >= 15 is 0 Å². The van der Waals surface area contributed by atoms with Crippen molar-refractivity contribution in [2.45, 2.75) is 6.42 Å². The van der Waals surface area contributed by atoms with E-state index in [1.54, 1.807) is 12.1 Å². The summed E-state index contributed by atoms with van der Waals surface area (Å²) in [6, 6.07) is 5.19. The maximum atomic E-state index is 9.00. The molecule has 0 amide bonds. The highest BCUT2D eigenvalue weighted by atomic mass is 16.2. The third kappa shape index (κ3) is 1.61. The second-order valence-corrected chi connectivity index (χ2v) is 3.64. The number of fused-ring (bicyclic) bond motifs is 1. The van der Waals surface area contributed by atoms with E-state index in [1.165, 1.54) is 0 Å². The largest absolute Gasteiger partial charge is 0.398 e. The van der Waals surface area contributed by atoms with Crippen LogP contribution in [0.2, 0.25) is 0 Å². The highest BCUT2D eigenvalue weighted by Gasteiger charge is 2.10. The van der Waals surface area contributed by atoms with Crippen molar-refractivity contribution in [2.24, 2.45) is 0 Å². The first-order chi connectivity index (χ1) is 7.63. The van der Waals surface area contributed by atoms with E-state index in [2.05, 4.69) is 4.98 Å². The van der Waals surface area contributed by atoms with Gasteiger partial charge in [-0.25, -0.2) is 4.98 Å². The molecule has 0 aliphatic heterocycles. The molecule has 0 saturated carbocycles. The summed E-state index contributed by atoms with van der Waals surface area (Å²) in [6.45, 7) is 0.0136. The Bertz CT molecular complexity index is 539. The van der Waals surface area contributed by atoms with Crippen molar-refractivity contribution < 1.29 is 5.11 Å². The molecule has 0 spiro atoms. The van der Waals surface area contributed by atoms with Gasteiger partial charge in [0.25, 0.3) is 0 Å². The number of nitrogens with two attached hydrogens (primary N) is 3. The molecule has 84 valence electrons. The van der Waals surface area contributed by atoms with Gasteiger partial charge in [-0.05, 0) is 24.6 Å². The summed E-state index contributed by atoms with van der Waals surface area (Å²) in [5.74, 6) is 0.414. The van der Waals surface area contributed by atoms with Gasteiger partial charge in [-0.2, -0.15) is 0 Å². The molecule has 0 unspecified atom stereocenters. The van der Waals surface area contributed by atoms with E-state index in [0.29, 0.717) is 29.1 Å². The number of benzene rings is 1. The van der Waals surface area contributed by atoms with Crippen molar-refractivity contribution in [1.82, 2.24) is 4.98 Å². The summed E-state index contributed by atoms with van der Waals surface area (Å²) in [5.41, 5.74) is 19.9. The first-order valence-electron chi connectivity index (χ1n) is 4.97. The predicted octanol–water partition coefficient (Wildman–Crippen LogP) is 0.516. The van der Waals surface area contributed by atoms with Crippen LogP contribution >= 0.6 is 0 Å². The van der Waals surface area contributed by atoms with E-state index < -0.39 is 0 Å². The van der Waals surface area contributed by atoms with Gasteiger partial charge in [0.2, 0.25) is 0 Å². The van der Waals surface area contributed by atoms with Crippen molar-refractivity contribution in [3.8, 4) is 0 Å². The highest BCUT2D eigenvalue weighted by molar-refractivity contribution is 5.96. The Kier molecular flexibility index (Phi) is 2.54. The standard InChI is InChI=1S/C11H14N4O/c12-8-5-9(13)7(3-4-16)11-6(8)1-2-10(14)15-11/h1-2,5,16H,3-4,12-13H2,(H2,14,15). The SMILES string of the molecule is Nc1ccc2c(N)cc(N)c(CCO)c2n1. The average molecular weight is 218 g/mol. The van der Waals surface area contributed by atoms with Gasteiger partial charge in [0.1, 0.15) is 5.82 Å².